The molecule has 0 bridgehead atoms. The highest BCUT2D eigenvalue weighted by molar-refractivity contribution is 5.98. The van der Waals surface area contributed by atoms with Gasteiger partial charge in [-0.3, -0.25) is 24.5 Å². The number of ether oxygens (including phenoxy) is 2. The van der Waals surface area contributed by atoms with Crippen LogP contribution in [0.5, 0.6) is 11.5 Å². The molecule has 1 saturated heterocycles. The monoisotopic (exact) mass is 422 g/mol. The Bertz CT molecular complexity index is 1150. The Balaban J connectivity index is 1.24. The van der Waals surface area contributed by atoms with Crippen LogP contribution in [0.1, 0.15) is 23.2 Å². The third-order valence-corrected chi connectivity index (χ3v) is 5.96. The van der Waals surface area contributed by atoms with Crippen molar-refractivity contribution in [2.45, 2.75) is 19.5 Å². The van der Waals surface area contributed by atoms with Gasteiger partial charge in [0.25, 0.3) is 5.69 Å². The summed E-state index contributed by atoms with van der Waals surface area (Å²) in [5.74, 6) is 1.42. The maximum atomic E-state index is 13.0. The van der Waals surface area contributed by atoms with Crippen molar-refractivity contribution in [3.8, 4) is 11.5 Å². The van der Waals surface area contributed by atoms with Gasteiger partial charge < -0.3 is 9.47 Å². The molecule has 9 heteroatoms. The van der Waals surface area contributed by atoms with Crippen LogP contribution < -0.4 is 9.47 Å². The molecule has 160 valence electrons. The maximum Gasteiger partial charge on any atom is 0.271 e. The molecule has 5 rings (SSSR count). The van der Waals surface area contributed by atoms with Crippen molar-refractivity contribution in [1.29, 1.82) is 0 Å². The largest absolute Gasteiger partial charge is 0.486 e. The zero-order chi connectivity index (χ0) is 21.4. The highest BCUT2D eigenvalue weighted by atomic mass is 16.6. The average molecular weight is 422 g/mol. The van der Waals surface area contributed by atoms with Crippen LogP contribution in [-0.2, 0) is 6.67 Å². The number of nitro groups is 1. The van der Waals surface area contributed by atoms with E-state index < -0.39 is 4.92 Å². The van der Waals surface area contributed by atoms with E-state index in [1.54, 1.807) is 35.1 Å². The number of non-ortho nitro benzene ring substituents is 1. The Morgan fingerprint density at radius 3 is 2.65 bits per heavy atom. The molecule has 0 radical (unpaired) electrons. The van der Waals surface area contributed by atoms with Gasteiger partial charge in [-0.2, -0.15) is 5.10 Å². The SMILES string of the molecule is O=C(c1ccc2c(c1)OCCO2)C1CCN(Cn2ncc3ccc([N+](=O)[O-])cc32)CC1. The number of carbonyl (C=O) groups is 1. The van der Waals surface area contributed by atoms with Gasteiger partial charge in [0.05, 0.1) is 23.3 Å². The highest BCUT2D eigenvalue weighted by Crippen LogP contribution is 2.32. The van der Waals surface area contributed by atoms with Gasteiger partial charge in [-0.15, -0.1) is 0 Å². The molecule has 2 aliphatic heterocycles. The molecule has 0 N–H and O–H groups in total. The van der Waals surface area contributed by atoms with E-state index in [1.165, 1.54) is 6.07 Å². The predicted octanol–water partition coefficient (Wildman–Crippen LogP) is 3.27. The van der Waals surface area contributed by atoms with E-state index in [0.29, 0.717) is 36.9 Å². The van der Waals surface area contributed by atoms with Gasteiger partial charge in [0.1, 0.15) is 13.2 Å². The first-order valence-electron chi connectivity index (χ1n) is 10.3. The number of hydrogen-bond donors (Lipinski definition) is 0. The van der Waals surface area contributed by atoms with Crippen LogP contribution in [0.25, 0.3) is 10.9 Å². The van der Waals surface area contributed by atoms with Crippen molar-refractivity contribution >= 4 is 22.4 Å². The summed E-state index contributed by atoms with van der Waals surface area (Å²) in [6, 6.07) is 10.2. The standard InChI is InChI=1S/C22H22N4O5/c27-22(16-2-4-20-21(11-16)31-10-9-30-20)15-5-7-24(8-6-15)14-25-19-12-18(26(28)29)3-1-17(19)13-23-25/h1-4,11-13,15H,5-10,14H2. The minimum absolute atomic E-state index is 0.0331. The minimum Gasteiger partial charge on any atom is -0.486 e. The van der Waals surface area contributed by atoms with Crippen LogP contribution in [0, 0.1) is 16.0 Å². The number of piperidine rings is 1. The van der Waals surface area contributed by atoms with Crippen LogP contribution in [0.4, 0.5) is 5.69 Å². The topological polar surface area (TPSA) is 99.7 Å². The molecule has 1 aromatic heterocycles. The second-order valence-electron chi connectivity index (χ2n) is 7.90. The van der Waals surface area contributed by atoms with Gasteiger partial charge in [0.15, 0.2) is 17.3 Å². The Kier molecular flexibility index (Phi) is 5.03. The van der Waals surface area contributed by atoms with Gasteiger partial charge in [-0.05, 0) is 37.1 Å². The number of Topliss-reactive ketones (excluding diaryl/α,β-unsaturated/α-hetero) is 1. The number of hydrogen-bond acceptors (Lipinski definition) is 7. The van der Waals surface area contributed by atoms with Gasteiger partial charge in [0, 0.05) is 42.1 Å². The fourth-order valence-corrected chi connectivity index (χ4v) is 4.24. The number of benzene rings is 2. The lowest BCUT2D eigenvalue weighted by Crippen LogP contribution is -2.37. The Hall–Kier alpha value is -3.46. The van der Waals surface area contributed by atoms with Crippen molar-refractivity contribution < 1.29 is 19.2 Å². The summed E-state index contributed by atoms with van der Waals surface area (Å²) in [6.45, 7) is 3.08. The summed E-state index contributed by atoms with van der Waals surface area (Å²) in [4.78, 5) is 25.9. The molecule has 9 nitrogen and oxygen atoms in total. The van der Waals surface area contributed by atoms with Crippen molar-refractivity contribution in [1.82, 2.24) is 14.7 Å². The Morgan fingerprint density at radius 2 is 1.87 bits per heavy atom. The maximum absolute atomic E-state index is 13.0. The third-order valence-electron chi connectivity index (χ3n) is 5.96. The van der Waals surface area contributed by atoms with E-state index in [1.807, 2.05) is 6.07 Å². The molecule has 1 fully saturated rings. The molecule has 0 atom stereocenters. The lowest BCUT2D eigenvalue weighted by atomic mass is 9.89. The molecule has 0 spiro atoms. The van der Waals surface area contributed by atoms with Crippen molar-refractivity contribution in [3.05, 3.63) is 58.3 Å². The molecule has 0 unspecified atom stereocenters. The lowest BCUT2D eigenvalue weighted by molar-refractivity contribution is -0.384. The summed E-state index contributed by atoms with van der Waals surface area (Å²) in [5, 5.41) is 16.3. The van der Waals surface area contributed by atoms with E-state index in [9.17, 15) is 14.9 Å². The smallest absolute Gasteiger partial charge is 0.271 e. The molecule has 0 amide bonds. The number of fused-ring (bicyclic) bond motifs is 2. The van der Waals surface area contributed by atoms with Crippen LogP contribution in [0.15, 0.2) is 42.6 Å². The average Bonchev–Trinajstić information content (AvgIpc) is 3.20. The zero-order valence-electron chi connectivity index (χ0n) is 16.9. The molecular formula is C22H22N4O5. The van der Waals surface area contributed by atoms with Gasteiger partial charge in [-0.25, -0.2) is 0 Å². The fraction of sp³-hybridized carbons (Fsp3) is 0.364. The molecule has 3 aromatic rings. The van der Waals surface area contributed by atoms with Crippen molar-refractivity contribution in [2.75, 3.05) is 26.3 Å². The van der Waals surface area contributed by atoms with Crippen LogP contribution in [0.2, 0.25) is 0 Å². The number of ketones is 1. The summed E-state index contributed by atoms with van der Waals surface area (Å²) in [7, 11) is 0. The number of rotatable bonds is 5. The van der Waals surface area contributed by atoms with Gasteiger partial charge in [0.2, 0.25) is 0 Å². The van der Waals surface area contributed by atoms with Crippen molar-refractivity contribution in [3.63, 3.8) is 0 Å². The first kappa shape index (κ1) is 19.5. The first-order chi connectivity index (χ1) is 15.1. The van der Waals surface area contributed by atoms with Gasteiger partial charge in [-0.1, -0.05) is 0 Å². The molecule has 3 heterocycles. The summed E-state index contributed by atoms with van der Waals surface area (Å²) >= 11 is 0. The molecule has 0 saturated carbocycles. The lowest BCUT2D eigenvalue weighted by Gasteiger charge is -2.31. The van der Waals surface area contributed by atoms with Crippen molar-refractivity contribution in [2.24, 2.45) is 5.92 Å². The summed E-state index contributed by atoms with van der Waals surface area (Å²) in [6.07, 6.45) is 3.23. The minimum atomic E-state index is -0.397. The summed E-state index contributed by atoms with van der Waals surface area (Å²) < 4.78 is 12.9. The number of nitro benzene ring substituents is 1. The number of carbonyl (C=O) groups excluding carboxylic acids is 1. The second-order valence-corrected chi connectivity index (χ2v) is 7.90. The Labute approximate surface area is 178 Å². The van der Waals surface area contributed by atoms with E-state index in [0.717, 1.165) is 36.8 Å². The molecule has 31 heavy (non-hydrogen) atoms. The quantitative estimate of drug-likeness (QED) is 0.353. The molecular weight excluding hydrogens is 400 g/mol. The predicted molar refractivity (Wildman–Crippen MR) is 112 cm³/mol. The third kappa shape index (κ3) is 3.84. The molecule has 2 aliphatic rings. The number of likely N-dealkylation sites (tertiary alicyclic amines) is 1. The summed E-state index contributed by atoms with van der Waals surface area (Å²) in [5.41, 5.74) is 1.45. The molecule has 0 aliphatic carbocycles. The second kappa shape index (κ2) is 7.99. The molecule has 2 aromatic carbocycles. The first-order valence-corrected chi connectivity index (χ1v) is 10.3. The van der Waals surface area contributed by atoms with E-state index >= 15 is 0 Å². The normalized spacial score (nSPS) is 17.0. The Morgan fingerprint density at radius 1 is 1.10 bits per heavy atom. The number of aromatic nitrogens is 2. The van der Waals surface area contributed by atoms with E-state index in [-0.39, 0.29) is 17.4 Å². The van der Waals surface area contributed by atoms with E-state index in [2.05, 4.69) is 10.00 Å². The fourth-order valence-electron chi connectivity index (χ4n) is 4.24. The highest BCUT2D eigenvalue weighted by Gasteiger charge is 2.27. The zero-order valence-corrected chi connectivity index (χ0v) is 16.9. The van der Waals surface area contributed by atoms with Crippen LogP contribution >= 0.6 is 0 Å². The number of nitrogens with zero attached hydrogens (tertiary/aromatic N) is 4. The van der Waals surface area contributed by atoms with E-state index in [4.69, 9.17) is 9.47 Å². The van der Waals surface area contributed by atoms with Gasteiger partial charge >= 0.3 is 0 Å². The van der Waals surface area contributed by atoms with Crippen LogP contribution in [-0.4, -0.2) is 51.7 Å². The van der Waals surface area contributed by atoms with Crippen LogP contribution in [0.3, 0.4) is 0 Å².